The van der Waals surface area contributed by atoms with Crippen LogP contribution in [0.2, 0.25) is 0 Å². The van der Waals surface area contributed by atoms with E-state index in [4.69, 9.17) is 9.47 Å². The SMILES string of the molecule is CCCC[C@]12OC(=O)O[C@@H]1C1=CCCC[C@]1(C)/C=C\CC2(C)C. The number of fused-ring (bicyclic) bond motifs is 3. The van der Waals surface area contributed by atoms with Gasteiger partial charge in [0.05, 0.1) is 0 Å². The molecule has 0 N–H and O–H groups in total. The smallest absolute Gasteiger partial charge is 0.423 e. The van der Waals surface area contributed by atoms with E-state index in [0.717, 1.165) is 38.5 Å². The zero-order chi connectivity index (χ0) is 16.7. The predicted octanol–water partition coefficient (Wildman–Crippen LogP) is 5.55. The van der Waals surface area contributed by atoms with Crippen LogP contribution in [0.5, 0.6) is 0 Å². The topological polar surface area (TPSA) is 35.5 Å². The number of ether oxygens (including phenoxy) is 2. The molecule has 0 amide bonds. The van der Waals surface area contributed by atoms with Gasteiger partial charge < -0.3 is 9.47 Å². The molecule has 0 spiro atoms. The molecule has 23 heavy (non-hydrogen) atoms. The van der Waals surface area contributed by atoms with Crippen molar-refractivity contribution >= 4 is 6.16 Å². The van der Waals surface area contributed by atoms with Gasteiger partial charge in [-0.3, -0.25) is 0 Å². The Morgan fingerprint density at radius 1 is 1.30 bits per heavy atom. The van der Waals surface area contributed by atoms with Gasteiger partial charge in [-0.15, -0.1) is 0 Å². The minimum Gasteiger partial charge on any atom is -0.423 e. The van der Waals surface area contributed by atoms with Crippen LogP contribution in [0.3, 0.4) is 0 Å². The molecular weight excluding hydrogens is 288 g/mol. The van der Waals surface area contributed by atoms with Gasteiger partial charge in [0.1, 0.15) is 0 Å². The first-order valence-electron chi connectivity index (χ1n) is 9.12. The molecule has 2 aliphatic carbocycles. The quantitative estimate of drug-likeness (QED) is 0.505. The molecule has 0 radical (unpaired) electrons. The Bertz CT molecular complexity index is 545. The van der Waals surface area contributed by atoms with Crippen LogP contribution in [-0.2, 0) is 9.47 Å². The number of rotatable bonds is 3. The molecule has 1 saturated heterocycles. The van der Waals surface area contributed by atoms with Crippen LogP contribution in [0.15, 0.2) is 23.8 Å². The Labute approximate surface area is 140 Å². The van der Waals surface area contributed by atoms with Crippen molar-refractivity contribution in [3.8, 4) is 0 Å². The Morgan fingerprint density at radius 2 is 2.09 bits per heavy atom. The summed E-state index contributed by atoms with van der Waals surface area (Å²) in [6.07, 6.45) is 13.5. The summed E-state index contributed by atoms with van der Waals surface area (Å²) in [5.74, 6) is 0. The van der Waals surface area contributed by atoms with E-state index in [-0.39, 0.29) is 16.9 Å². The molecule has 0 bridgehead atoms. The van der Waals surface area contributed by atoms with Gasteiger partial charge in [0.2, 0.25) is 0 Å². The highest BCUT2D eigenvalue weighted by atomic mass is 16.8. The first-order chi connectivity index (χ1) is 10.8. The molecule has 0 aromatic heterocycles. The van der Waals surface area contributed by atoms with Crippen molar-refractivity contribution in [2.75, 3.05) is 0 Å². The molecule has 1 aliphatic heterocycles. The molecular formula is C20H30O3. The summed E-state index contributed by atoms with van der Waals surface area (Å²) >= 11 is 0. The molecule has 3 rings (SSSR count). The van der Waals surface area contributed by atoms with E-state index in [2.05, 4.69) is 45.9 Å². The van der Waals surface area contributed by atoms with Gasteiger partial charge in [0.25, 0.3) is 0 Å². The van der Waals surface area contributed by atoms with Crippen LogP contribution < -0.4 is 0 Å². The van der Waals surface area contributed by atoms with Crippen molar-refractivity contribution in [2.45, 2.75) is 84.3 Å². The van der Waals surface area contributed by atoms with E-state index in [9.17, 15) is 4.79 Å². The zero-order valence-corrected chi connectivity index (χ0v) is 15.0. The fourth-order valence-corrected chi connectivity index (χ4v) is 4.66. The van der Waals surface area contributed by atoms with Gasteiger partial charge >= 0.3 is 6.16 Å². The summed E-state index contributed by atoms with van der Waals surface area (Å²) in [7, 11) is 0. The van der Waals surface area contributed by atoms with Crippen molar-refractivity contribution in [1.29, 1.82) is 0 Å². The summed E-state index contributed by atoms with van der Waals surface area (Å²) < 4.78 is 11.8. The Morgan fingerprint density at radius 3 is 2.83 bits per heavy atom. The Kier molecular flexibility index (Phi) is 4.10. The lowest BCUT2D eigenvalue weighted by Crippen LogP contribution is -2.55. The second-order valence-electron chi connectivity index (χ2n) is 8.30. The molecule has 0 aromatic carbocycles. The zero-order valence-electron chi connectivity index (χ0n) is 15.0. The molecule has 0 unspecified atom stereocenters. The average Bonchev–Trinajstić information content (AvgIpc) is 2.82. The van der Waals surface area contributed by atoms with Crippen molar-refractivity contribution in [1.82, 2.24) is 0 Å². The van der Waals surface area contributed by atoms with Crippen molar-refractivity contribution in [3.05, 3.63) is 23.8 Å². The predicted molar refractivity (Wildman–Crippen MR) is 91.2 cm³/mol. The number of unbranched alkanes of at least 4 members (excludes halogenated alkanes) is 1. The Balaban J connectivity index is 2.13. The number of carbonyl (C=O) groups excluding carboxylic acids is 1. The van der Waals surface area contributed by atoms with E-state index in [0.29, 0.717) is 0 Å². The van der Waals surface area contributed by atoms with Gasteiger partial charge in [-0.25, -0.2) is 4.79 Å². The number of hydrogen-bond donors (Lipinski definition) is 0. The van der Waals surface area contributed by atoms with Crippen LogP contribution in [0.4, 0.5) is 4.79 Å². The molecule has 3 heteroatoms. The van der Waals surface area contributed by atoms with Gasteiger partial charge in [-0.1, -0.05) is 52.3 Å². The fraction of sp³-hybridized carbons (Fsp3) is 0.750. The lowest BCUT2D eigenvalue weighted by molar-refractivity contribution is -0.0740. The summed E-state index contributed by atoms with van der Waals surface area (Å²) in [4.78, 5) is 12.2. The van der Waals surface area contributed by atoms with Crippen LogP contribution in [-0.4, -0.2) is 17.9 Å². The second kappa shape index (κ2) is 5.68. The van der Waals surface area contributed by atoms with Crippen molar-refractivity contribution in [3.63, 3.8) is 0 Å². The second-order valence-corrected chi connectivity index (χ2v) is 8.30. The third-order valence-corrected chi connectivity index (χ3v) is 6.27. The highest BCUT2D eigenvalue weighted by molar-refractivity contribution is 5.65. The molecule has 0 aromatic rings. The lowest BCUT2D eigenvalue weighted by atomic mass is 9.59. The minimum absolute atomic E-state index is 0.00907. The first-order valence-corrected chi connectivity index (χ1v) is 9.12. The highest BCUT2D eigenvalue weighted by Gasteiger charge is 2.62. The third kappa shape index (κ3) is 2.53. The maximum absolute atomic E-state index is 12.2. The first kappa shape index (κ1) is 16.6. The average molecular weight is 318 g/mol. The van der Waals surface area contributed by atoms with E-state index in [1.807, 2.05) is 0 Å². The highest BCUT2D eigenvalue weighted by Crippen LogP contribution is 2.56. The summed E-state index contributed by atoms with van der Waals surface area (Å²) in [5.41, 5.74) is 0.560. The van der Waals surface area contributed by atoms with Gasteiger partial charge in [-0.2, -0.15) is 0 Å². The summed E-state index contributed by atoms with van der Waals surface area (Å²) in [6.45, 7) is 8.90. The lowest BCUT2D eigenvalue weighted by Gasteiger charge is -2.49. The maximum Gasteiger partial charge on any atom is 0.509 e. The normalized spacial score (nSPS) is 39.9. The van der Waals surface area contributed by atoms with Gasteiger partial charge in [0, 0.05) is 10.8 Å². The van der Waals surface area contributed by atoms with Crippen LogP contribution in [0, 0.1) is 10.8 Å². The fourth-order valence-electron chi connectivity index (χ4n) is 4.66. The minimum atomic E-state index is -0.546. The Hall–Kier alpha value is -1.25. The number of hydrogen-bond acceptors (Lipinski definition) is 3. The maximum atomic E-state index is 12.2. The monoisotopic (exact) mass is 318 g/mol. The molecule has 0 saturated carbocycles. The van der Waals surface area contributed by atoms with E-state index >= 15 is 0 Å². The number of carbonyl (C=O) groups is 1. The van der Waals surface area contributed by atoms with Crippen molar-refractivity contribution < 1.29 is 14.3 Å². The molecule has 128 valence electrons. The van der Waals surface area contributed by atoms with Crippen LogP contribution in [0.1, 0.15) is 72.6 Å². The van der Waals surface area contributed by atoms with E-state index < -0.39 is 11.8 Å². The molecule has 3 nitrogen and oxygen atoms in total. The standard InChI is InChI=1S/C20H30O3/c1-5-6-14-20-16(22-17(21)23-20)15-10-7-8-12-19(15,4)13-9-11-18(20,2)3/h9-10,13,16H,5-8,11-12,14H2,1-4H3/b13-9-/t16-,19-,20+/m1/s1. The molecule has 3 aliphatic rings. The molecule has 1 heterocycles. The summed E-state index contributed by atoms with van der Waals surface area (Å²) in [6, 6.07) is 0. The largest absolute Gasteiger partial charge is 0.509 e. The molecule has 1 fully saturated rings. The van der Waals surface area contributed by atoms with Crippen molar-refractivity contribution in [2.24, 2.45) is 10.8 Å². The van der Waals surface area contributed by atoms with Gasteiger partial charge in [0.15, 0.2) is 11.7 Å². The van der Waals surface area contributed by atoms with Crippen LogP contribution >= 0.6 is 0 Å². The summed E-state index contributed by atoms with van der Waals surface area (Å²) in [5, 5.41) is 0. The number of allylic oxidation sites excluding steroid dienone is 3. The van der Waals surface area contributed by atoms with E-state index in [1.54, 1.807) is 0 Å². The van der Waals surface area contributed by atoms with Gasteiger partial charge in [-0.05, 0) is 44.1 Å². The third-order valence-electron chi connectivity index (χ3n) is 6.27. The van der Waals surface area contributed by atoms with E-state index in [1.165, 1.54) is 12.0 Å². The van der Waals surface area contributed by atoms with Crippen LogP contribution in [0.25, 0.3) is 0 Å². The molecule has 3 atom stereocenters.